The van der Waals surface area contributed by atoms with Gasteiger partial charge in [-0.15, -0.1) is 0 Å². The average molecular weight is 320 g/mol. The quantitative estimate of drug-likeness (QED) is 0.927. The standard InChI is InChI=1S/C18H25FN2O2/c1-13(2)16(18(23)21-11-5-3-4-6-12-21)20-17(22)14-7-9-15(19)10-8-14/h7-10,13,16H,3-6,11-12H2,1-2H3,(H,20,22)/t16-/m0/s1. The van der Waals surface area contributed by atoms with Gasteiger partial charge in [0.25, 0.3) is 5.91 Å². The summed E-state index contributed by atoms with van der Waals surface area (Å²) in [6, 6.07) is 4.80. The van der Waals surface area contributed by atoms with E-state index in [0.29, 0.717) is 5.56 Å². The van der Waals surface area contributed by atoms with Crippen molar-refractivity contribution < 1.29 is 14.0 Å². The van der Waals surface area contributed by atoms with Crippen LogP contribution in [0.4, 0.5) is 4.39 Å². The van der Waals surface area contributed by atoms with Crippen LogP contribution in [0.2, 0.25) is 0 Å². The summed E-state index contributed by atoms with van der Waals surface area (Å²) in [7, 11) is 0. The number of halogens is 1. The number of carbonyl (C=O) groups is 2. The number of benzene rings is 1. The first-order valence-electron chi connectivity index (χ1n) is 8.34. The number of hydrogen-bond donors (Lipinski definition) is 1. The minimum atomic E-state index is -0.550. The molecule has 0 aromatic heterocycles. The molecule has 1 N–H and O–H groups in total. The smallest absolute Gasteiger partial charge is 0.251 e. The maximum atomic E-state index is 13.0. The van der Waals surface area contributed by atoms with Gasteiger partial charge in [0.2, 0.25) is 5.91 Å². The van der Waals surface area contributed by atoms with Gasteiger partial charge in [0.05, 0.1) is 0 Å². The van der Waals surface area contributed by atoms with Crippen LogP contribution in [0.15, 0.2) is 24.3 Å². The molecule has 4 nitrogen and oxygen atoms in total. The molecule has 1 heterocycles. The molecule has 1 aromatic carbocycles. The summed E-state index contributed by atoms with van der Waals surface area (Å²) >= 11 is 0. The van der Waals surface area contributed by atoms with Gasteiger partial charge >= 0.3 is 0 Å². The maximum Gasteiger partial charge on any atom is 0.251 e. The van der Waals surface area contributed by atoms with Gasteiger partial charge in [-0.05, 0) is 43.0 Å². The molecule has 1 aliphatic rings. The molecular weight excluding hydrogens is 295 g/mol. The SMILES string of the molecule is CC(C)[C@H](NC(=O)c1ccc(F)cc1)C(=O)N1CCCCCC1. The first-order chi connectivity index (χ1) is 11.0. The maximum absolute atomic E-state index is 13.0. The van der Waals surface area contributed by atoms with Crippen LogP contribution < -0.4 is 5.32 Å². The van der Waals surface area contributed by atoms with Crippen molar-refractivity contribution in [3.63, 3.8) is 0 Å². The lowest BCUT2D eigenvalue weighted by molar-refractivity contribution is -0.134. The largest absolute Gasteiger partial charge is 0.341 e. The first kappa shape index (κ1) is 17.4. The van der Waals surface area contributed by atoms with Gasteiger partial charge in [0.15, 0.2) is 0 Å². The molecule has 1 saturated heterocycles. The summed E-state index contributed by atoms with van der Waals surface area (Å²) in [6.07, 6.45) is 4.33. The summed E-state index contributed by atoms with van der Waals surface area (Å²) in [5.74, 6) is -0.748. The molecule has 1 aromatic rings. The van der Waals surface area contributed by atoms with E-state index in [1.165, 1.54) is 24.3 Å². The van der Waals surface area contributed by atoms with Crippen molar-refractivity contribution in [3.05, 3.63) is 35.6 Å². The van der Waals surface area contributed by atoms with Gasteiger partial charge in [-0.1, -0.05) is 26.7 Å². The van der Waals surface area contributed by atoms with E-state index in [4.69, 9.17) is 0 Å². The zero-order chi connectivity index (χ0) is 16.8. The predicted octanol–water partition coefficient (Wildman–Crippen LogP) is 2.98. The van der Waals surface area contributed by atoms with Gasteiger partial charge in [0, 0.05) is 18.7 Å². The van der Waals surface area contributed by atoms with Crippen LogP contribution in [0.25, 0.3) is 0 Å². The Morgan fingerprint density at radius 3 is 2.13 bits per heavy atom. The third kappa shape index (κ3) is 4.78. The Kier molecular flexibility index (Phi) is 6.13. The number of hydrogen-bond acceptors (Lipinski definition) is 2. The normalized spacial score (nSPS) is 16.8. The molecule has 1 aliphatic heterocycles. The van der Waals surface area contributed by atoms with E-state index in [0.717, 1.165) is 38.8 Å². The number of nitrogens with one attached hydrogen (secondary N) is 1. The second-order valence-corrected chi connectivity index (χ2v) is 6.44. The van der Waals surface area contributed by atoms with E-state index >= 15 is 0 Å². The Labute approximate surface area is 137 Å². The van der Waals surface area contributed by atoms with Crippen molar-refractivity contribution >= 4 is 11.8 Å². The van der Waals surface area contributed by atoms with Crippen LogP contribution in [0.5, 0.6) is 0 Å². The summed E-state index contributed by atoms with van der Waals surface area (Å²) < 4.78 is 13.0. The highest BCUT2D eigenvalue weighted by atomic mass is 19.1. The van der Waals surface area contributed by atoms with Crippen molar-refractivity contribution in [2.24, 2.45) is 5.92 Å². The van der Waals surface area contributed by atoms with E-state index in [1.807, 2.05) is 18.7 Å². The van der Waals surface area contributed by atoms with Gasteiger partial charge in [-0.2, -0.15) is 0 Å². The molecule has 0 bridgehead atoms. The first-order valence-corrected chi connectivity index (χ1v) is 8.34. The summed E-state index contributed by atoms with van der Waals surface area (Å²) in [4.78, 5) is 27.0. The monoisotopic (exact) mass is 320 g/mol. The van der Waals surface area contributed by atoms with Crippen LogP contribution in [-0.2, 0) is 4.79 Å². The third-order valence-electron chi connectivity index (χ3n) is 4.24. The molecule has 0 aliphatic carbocycles. The fraction of sp³-hybridized carbons (Fsp3) is 0.556. The molecule has 23 heavy (non-hydrogen) atoms. The van der Waals surface area contributed by atoms with E-state index in [-0.39, 0.29) is 23.5 Å². The van der Waals surface area contributed by atoms with E-state index in [2.05, 4.69) is 5.32 Å². The lowest BCUT2D eigenvalue weighted by Gasteiger charge is -2.29. The van der Waals surface area contributed by atoms with Crippen LogP contribution in [-0.4, -0.2) is 35.8 Å². The molecule has 2 rings (SSSR count). The van der Waals surface area contributed by atoms with E-state index in [1.54, 1.807) is 0 Å². The number of nitrogens with zero attached hydrogens (tertiary/aromatic N) is 1. The average Bonchev–Trinajstić information content (AvgIpc) is 2.81. The molecule has 0 radical (unpaired) electrons. The zero-order valence-corrected chi connectivity index (χ0v) is 13.8. The second kappa shape index (κ2) is 8.09. The molecule has 5 heteroatoms. The van der Waals surface area contributed by atoms with Crippen LogP contribution in [0, 0.1) is 11.7 Å². The van der Waals surface area contributed by atoms with Crippen molar-refractivity contribution in [2.45, 2.75) is 45.6 Å². The Bertz CT molecular complexity index is 534. The highest BCUT2D eigenvalue weighted by Crippen LogP contribution is 2.14. The van der Waals surface area contributed by atoms with Crippen LogP contribution >= 0.6 is 0 Å². The molecule has 0 unspecified atom stereocenters. The Hall–Kier alpha value is -1.91. The number of likely N-dealkylation sites (tertiary alicyclic amines) is 1. The molecule has 0 saturated carbocycles. The Morgan fingerprint density at radius 1 is 1.04 bits per heavy atom. The van der Waals surface area contributed by atoms with Gasteiger partial charge in [0.1, 0.15) is 11.9 Å². The summed E-state index contributed by atoms with van der Waals surface area (Å²) in [5, 5.41) is 2.82. The topological polar surface area (TPSA) is 49.4 Å². The van der Waals surface area contributed by atoms with Gasteiger partial charge < -0.3 is 10.2 Å². The number of amides is 2. The summed E-state index contributed by atoms with van der Waals surface area (Å²) in [5.41, 5.74) is 0.362. The van der Waals surface area contributed by atoms with E-state index < -0.39 is 6.04 Å². The van der Waals surface area contributed by atoms with E-state index in [9.17, 15) is 14.0 Å². The van der Waals surface area contributed by atoms with Gasteiger partial charge in [-0.3, -0.25) is 9.59 Å². The molecule has 1 atom stereocenters. The fourth-order valence-electron chi connectivity index (χ4n) is 2.83. The van der Waals surface area contributed by atoms with Crippen molar-refractivity contribution in [3.8, 4) is 0 Å². The lowest BCUT2D eigenvalue weighted by Crippen LogP contribution is -2.51. The van der Waals surface area contributed by atoms with Crippen molar-refractivity contribution in [1.29, 1.82) is 0 Å². The molecule has 126 valence electrons. The van der Waals surface area contributed by atoms with Gasteiger partial charge in [-0.25, -0.2) is 4.39 Å². The van der Waals surface area contributed by atoms with Crippen molar-refractivity contribution in [1.82, 2.24) is 10.2 Å². The molecule has 0 spiro atoms. The Morgan fingerprint density at radius 2 is 1.61 bits per heavy atom. The minimum absolute atomic E-state index is 0.00449. The lowest BCUT2D eigenvalue weighted by atomic mass is 10.0. The fourth-order valence-corrected chi connectivity index (χ4v) is 2.83. The minimum Gasteiger partial charge on any atom is -0.341 e. The molecule has 1 fully saturated rings. The highest BCUT2D eigenvalue weighted by Gasteiger charge is 2.29. The summed E-state index contributed by atoms with van der Waals surface area (Å²) in [6.45, 7) is 5.36. The third-order valence-corrected chi connectivity index (χ3v) is 4.24. The predicted molar refractivity (Wildman–Crippen MR) is 87.5 cm³/mol. The van der Waals surface area contributed by atoms with Crippen molar-refractivity contribution in [2.75, 3.05) is 13.1 Å². The number of rotatable bonds is 4. The number of carbonyl (C=O) groups excluding carboxylic acids is 2. The zero-order valence-electron chi connectivity index (χ0n) is 13.8. The second-order valence-electron chi connectivity index (χ2n) is 6.44. The van der Waals surface area contributed by atoms with Crippen LogP contribution in [0.1, 0.15) is 49.9 Å². The highest BCUT2D eigenvalue weighted by molar-refractivity contribution is 5.97. The molecule has 2 amide bonds. The van der Waals surface area contributed by atoms with Crippen LogP contribution in [0.3, 0.4) is 0 Å². The Balaban J connectivity index is 2.06. The molecular formula is C18H25FN2O2.